The lowest BCUT2D eigenvalue weighted by Crippen LogP contribution is -2.51. The third-order valence-corrected chi connectivity index (χ3v) is 2.73. The average molecular weight is 289 g/mol. The number of aliphatic hydroxyl groups excluding tert-OH is 1. The van der Waals surface area contributed by atoms with E-state index in [0.29, 0.717) is 5.56 Å². The van der Waals surface area contributed by atoms with Gasteiger partial charge in [0.15, 0.2) is 0 Å². The van der Waals surface area contributed by atoms with E-state index in [4.69, 9.17) is 0 Å². The molecule has 3 nitrogen and oxygen atoms in total. The molecule has 1 heterocycles. The number of carbonyl (C=O) groups excluding carboxylic acids is 1. The summed E-state index contributed by atoms with van der Waals surface area (Å²) in [7, 11) is 0. The maximum absolute atomic E-state index is 12.5. The second-order valence-electron chi connectivity index (χ2n) is 3.35. The molecule has 0 aliphatic rings. The van der Waals surface area contributed by atoms with Crippen LogP contribution in [0, 0.1) is 0 Å². The molecular weight excluding hydrogens is 281 g/mol. The van der Waals surface area contributed by atoms with Crippen molar-refractivity contribution in [2.75, 3.05) is 6.54 Å². The van der Waals surface area contributed by atoms with Crippen molar-refractivity contribution in [3.63, 3.8) is 0 Å². The van der Waals surface area contributed by atoms with E-state index in [0.717, 1.165) is 0 Å². The average Bonchev–Trinajstić information content (AvgIpc) is 2.76. The Labute approximate surface area is 102 Å². The van der Waals surface area contributed by atoms with Gasteiger partial charge in [-0.05, 0) is 22.4 Å². The lowest BCUT2D eigenvalue weighted by atomic mass is 10.2. The molecule has 0 aliphatic heterocycles. The van der Waals surface area contributed by atoms with E-state index < -0.39 is 30.7 Å². The molecule has 0 spiro atoms. The van der Waals surface area contributed by atoms with E-state index in [1.54, 1.807) is 5.38 Å². The second kappa shape index (κ2) is 5.19. The van der Waals surface area contributed by atoms with Crippen LogP contribution in [-0.2, 0) is 4.79 Å². The first kappa shape index (κ1) is 14.8. The molecule has 0 aliphatic carbocycles. The Morgan fingerprint density at radius 1 is 1.39 bits per heavy atom. The minimum absolute atomic E-state index is 0.329. The van der Waals surface area contributed by atoms with Crippen molar-refractivity contribution < 1.29 is 31.9 Å². The van der Waals surface area contributed by atoms with Gasteiger partial charge in [0.2, 0.25) is 0 Å². The third kappa shape index (κ3) is 3.16. The zero-order valence-electron chi connectivity index (χ0n) is 8.67. The van der Waals surface area contributed by atoms with Crippen molar-refractivity contribution in [3.05, 3.63) is 22.4 Å². The number of halogens is 5. The number of amides is 1. The first-order valence-corrected chi connectivity index (χ1v) is 5.53. The molecule has 1 aromatic rings. The van der Waals surface area contributed by atoms with Crippen molar-refractivity contribution in [1.82, 2.24) is 5.32 Å². The fourth-order valence-electron chi connectivity index (χ4n) is 1.01. The van der Waals surface area contributed by atoms with Crippen LogP contribution in [0.1, 0.15) is 11.7 Å². The molecule has 1 unspecified atom stereocenters. The topological polar surface area (TPSA) is 49.3 Å². The van der Waals surface area contributed by atoms with Gasteiger partial charge in [-0.1, -0.05) is 0 Å². The van der Waals surface area contributed by atoms with Gasteiger partial charge in [-0.15, -0.1) is 0 Å². The van der Waals surface area contributed by atoms with Crippen LogP contribution in [0.3, 0.4) is 0 Å². The van der Waals surface area contributed by atoms with Crippen LogP contribution in [0.2, 0.25) is 0 Å². The predicted molar refractivity (Wildman–Crippen MR) is 53.3 cm³/mol. The lowest BCUT2D eigenvalue weighted by molar-refractivity contribution is -0.269. The van der Waals surface area contributed by atoms with Gasteiger partial charge in [0, 0.05) is 6.54 Å². The summed E-state index contributed by atoms with van der Waals surface area (Å²) in [5.74, 6) is -7.95. The van der Waals surface area contributed by atoms with Crippen LogP contribution >= 0.6 is 11.3 Å². The first-order valence-electron chi connectivity index (χ1n) is 4.59. The van der Waals surface area contributed by atoms with Crippen LogP contribution in [0.25, 0.3) is 0 Å². The van der Waals surface area contributed by atoms with Gasteiger partial charge in [-0.2, -0.15) is 33.3 Å². The van der Waals surface area contributed by atoms with Gasteiger partial charge >= 0.3 is 12.1 Å². The largest absolute Gasteiger partial charge is 0.463 e. The molecule has 9 heteroatoms. The van der Waals surface area contributed by atoms with Gasteiger partial charge < -0.3 is 10.4 Å². The summed E-state index contributed by atoms with van der Waals surface area (Å²) in [6.45, 7) is -0.721. The molecule has 0 aromatic carbocycles. The molecule has 0 fully saturated rings. The molecule has 0 bridgehead atoms. The normalized spacial score (nSPS) is 14.3. The first-order chi connectivity index (χ1) is 8.16. The summed E-state index contributed by atoms with van der Waals surface area (Å²) >= 11 is 1.21. The van der Waals surface area contributed by atoms with Crippen molar-refractivity contribution in [1.29, 1.82) is 0 Å². The molecule has 1 aromatic heterocycles. The van der Waals surface area contributed by atoms with Crippen molar-refractivity contribution >= 4 is 17.2 Å². The lowest BCUT2D eigenvalue weighted by Gasteiger charge is -2.19. The molecular formula is C9H8F5NO2S. The van der Waals surface area contributed by atoms with Gasteiger partial charge in [0.25, 0.3) is 5.91 Å². The third-order valence-electron chi connectivity index (χ3n) is 2.03. The standard InChI is InChI=1S/C9H8F5NO2S/c10-8(11,9(12,13)14)7(17)15-3-6(16)5-1-2-18-4-5/h1-2,4,6,16H,3H2,(H,15,17). The Bertz CT molecular complexity index is 404. The molecule has 1 atom stereocenters. The minimum atomic E-state index is -5.95. The van der Waals surface area contributed by atoms with Crippen LogP contribution in [-0.4, -0.2) is 29.7 Å². The summed E-state index contributed by atoms with van der Waals surface area (Å²) in [6, 6.07) is 1.46. The van der Waals surface area contributed by atoms with Gasteiger partial charge in [0.1, 0.15) is 0 Å². The summed E-state index contributed by atoms with van der Waals surface area (Å²) in [5.41, 5.74) is 0.329. The van der Waals surface area contributed by atoms with Crippen LogP contribution in [0.4, 0.5) is 22.0 Å². The molecule has 18 heavy (non-hydrogen) atoms. The number of thiophene rings is 1. The van der Waals surface area contributed by atoms with Crippen molar-refractivity contribution in [3.8, 4) is 0 Å². The molecule has 102 valence electrons. The zero-order valence-corrected chi connectivity index (χ0v) is 9.49. The quantitative estimate of drug-likeness (QED) is 0.834. The Morgan fingerprint density at radius 3 is 2.44 bits per heavy atom. The number of rotatable bonds is 4. The van der Waals surface area contributed by atoms with Gasteiger partial charge in [0.05, 0.1) is 6.10 Å². The monoisotopic (exact) mass is 289 g/mol. The van der Waals surface area contributed by atoms with Crippen molar-refractivity contribution in [2.24, 2.45) is 0 Å². The molecule has 0 saturated heterocycles. The highest BCUT2D eigenvalue weighted by atomic mass is 32.1. The van der Waals surface area contributed by atoms with E-state index in [1.807, 2.05) is 0 Å². The fraction of sp³-hybridized carbons (Fsp3) is 0.444. The highest BCUT2D eigenvalue weighted by Gasteiger charge is 2.63. The Hall–Kier alpha value is -1.22. The van der Waals surface area contributed by atoms with Gasteiger partial charge in [-0.3, -0.25) is 4.79 Å². The number of carbonyl (C=O) groups is 1. The maximum Gasteiger partial charge on any atom is 0.463 e. The second-order valence-corrected chi connectivity index (χ2v) is 4.13. The number of alkyl halides is 5. The molecule has 0 radical (unpaired) electrons. The van der Waals surface area contributed by atoms with E-state index in [1.165, 1.54) is 28.1 Å². The summed E-state index contributed by atoms with van der Waals surface area (Å²) in [6.07, 6.45) is -7.28. The molecule has 2 N–H and O–H groups in total. The molecule has 1 rings (SSSR count). The zero-order chi connectivity index (χ0) is 14.0. The van der Waals surface area contributed by atoms with E-state index in [2.05, 4.69) is 0 Å². The SMILES string of the molecule is O=C(NCC(O)c1ccsc1)C(F)(F)C(F)(F)F. The van der Waals surface area contributed by atoms with E-state index in [-0.39, 0.29) is 0 Å². The Kier molecular flexibility index (Phi) is 4.28. The fourth-order valence-corrected chi connectivity index (χ4v) is 1.72. The number of hydrogen-bond donors (Lipinski definition) is 2. The summed E-state index contributed by atoms with van der Waals surface area (Å²) < 4.78 is 60.4. The van der Waals surface area contributed by atoms with Crippen molar-refractivity contribution in [2.45, 2.75) is 18.2 Å². The van der Waals surface area contributed by atoms with Gasteiger partial charge in [-0.25, -0.2) is 0 Å². The predicted octanol–water partition coefficient (Wildman–Crippen LogP) is 2.10. The molecule has 0 saturated carbocycles. The highest BCUT2D eigenvalue weighted by Crippen LogP contribution is 2.35. The van der Waals surface area contributed by atoms with Crippen LogP contribution in [0.5, 0.6) is 0 Å². The van der Waals surface area contributed by atoms with E-state index >= 15 is 0 Å². The van der Waals surface area contributed by atoms with E-state index in [9.17, 15) is 31.9 Å². The maximum atomic E-state index is 12.5. The smallest absolute Gasteiger partial charge is 0.387 e. The minimum Gasteiger partial charge on any atom is -0.387 e. The number of nitrogens with one attached hydrogen (secondary N) is 1. The Balaban J connectivity index is 2.57. The molecule has 1 amide bonds. The Morgan fingerprint density at radius 2 is 2.00 bits per heavy atom. The summed E-state index contributed by atoms with van der Waals surface area (Å²) in [5, 5.41) is 13.8. The highest BCUT2D eigenvalue weighted by molar-refractivity contribution is 7.07. The van der Waals surface area contributed by atoms with Crippen LogP contribution in [0.15, 0.2) is 16.8 Å². The summed E-state index contributed by atoms with van der Waals surface area (Å²) in [4.78, 5) is 10.7. The number of aliphatic hydroxyl groups is 1. The van der Waals surface area contributed by atoms with Crippen LogP contribution < -0.4 is 5.32 Å². The number of hydrogen-bond acceptors (Lipinski definition) is 3.